The van der Waals surface area contributed by atoms with Crippen LogP contribution >= 0.6 is 0 Å². The molecule has 0 bridgehead atoms. The molecule has 2 saturated carbocycles. The van der Waals surface area contributed by atoms with Gasteiger partial charge in [0.25, 0.3) is 0 Å². The lowest BCUT2D eigenvalue weighted by atomic mass is 9.89. The molecule has 8 nitrogen and oxygen atoms in total. The van der Waals surface area contributed by atoms with Crippen LogP contribution < -0.4 is 0 Å². The summed E-state index contributed by atoms with van der Waals surface area (Å²) in [5, 5.41) is 9.78. The van der Waals surface area contributed by atoms with E-state index in [4.69, 9.17) is 0 Å². The van der Waals surface area contributed by atoms with Gasteiger partial charge in [0.2, 0.25) is 11.8 Å². The van der Waals surface area contributed by atoms with E-state index in [0.717, 1.165) is 77.2 Å². The van der Waals surface area contributed by atoms with Gasteiger partial charge in [-0.3, -0.25) is 19.2 Å². The zero-order valence-electron chi connectivity index (χ0n) is 35.0. The summed E-state index contributed by atoms with van der Waals surface area (Å²) >= 11 is 0. The minimum atomic E-state index is -0.296. The van der Waals surface area contributed by atoms with E-state index in [1.54, 1.807) is 0 Å². The average molecular weight is 753 g/mol. The number of piperidine rings is 2. The lowest BCUT2D eigenvalue weighted by molar-refractivity contribution is -0.143. The Kier molecular flexibility index (Phi) is 15.1. The molecule has 0 spiro atoms. The largest absolute Gasteiger partial charge is 0.396 e. The lowest BCUT2D eigenvalue weighted by Crippen LogP contribution is -2.47. The van der Waals surface area contributed by atoms with Gasteiger partial charge in [0, 0.05) is 50.3 Å². The van der Waals surface area contributed by atoms with E-state index in [1.165, 1.54) is 57.8 Å². The van der Waals surface area contributed by atoms with Crippen molar-refractivity contribution in [3.63, 3.8) is 0 Å². The first-order chi connectivity index (χ1) is 25.7. The quantitative estimate of drug-likeness (QED) is 0.283. The molecule has 0 aromatic heterocycles. The molecule has 0 unspecified atom stereocenters. The number of Topliss-reactive ketones (excluding diaryl/α,β-unsaturated/α-hetero) is 2. The van der Waals surface area contributed by atoms with Gasteiger partial charge < -0.3 is 19.7 Å². The van der Waals surface area contributed by atoms with E-state index < -0.39 is 0 Å². The van der Waals surface area contributed by atoms with Gasteiger partial charge in [-0.1, -0.05) is 131 Å². The molecule has 4 saturated heterocycles. The van der Waals surface area contributed by atoms with Gasteiger partial charge in [-0.2, -0.15) is 0 Å². The molecule has 4 heterocycles. The molecule has 8 heteroatoms. The number of nitrogens with zero attached hydrogens (tertiary/aromatic N) is 2. The molecule has 0 aromatic rings. The zero-order valence-corrected chi connectivity index (χ0v) is 35.0. The Labute approximate surface area is 327 Å². The van der Waals surface area contributed by atoms with Crippen molar-refractivity contribution in [2.75, 3.05) is 19.7 Å². The fourth-order valence-electron chi connectivity index (χ4n) is 11.3. The number of carbonyl (C=O) groups excluding carboxylic acids is 5. The summed E-state index contributed by atoms with van der Waals surface area (Å²) in [6.45, 7) is 14.5. The molecule has 0 radical (unpaired) electrons. The summed E-state index contributed by atoms with van der Waals surface area (Å²) in [7, 11) is 0. The van der Waals surface area contributed by atoms with Gasteiger partial charge in [0.15, 0.2) is 11.6 Å². The summed E-state index contributed by atoms with van der Waals surface area (Å²) in [5.41, 5.74) is 0.327. The number of fused-ring (bicyclic) bond motifs is 6. The number of amides is 2. The number of hydrogen-bond acceptors (Lipinski definition) is 6. The van der Waals surface area contributed by atoms with Crippen LogP contribution in [0, 0.1) is 58.2 Å². The van der Waals surface area contributed by atoms with Gasteiger partial charge in [-0.05, 0) is 66.1 Å². The van der Waals surface area contributed by atoms with E-state index in [9.17, 15) is 29.1 Å². The van der Waals surface area contributed by atoms with Crippen LogP contribution in [0.1, 0.15) is 170 Å². The SMILES string of the molecule is C[C@H]1CCCCCCCCC[C@@H](C=O)CC(=O)[C@@H]2[C@@H]3[C@H](CN2C1=O)C3(C)C.C[C@H]1CCCCCCCCC[C@@H](CO)CC(=O)[C@@H]2[C@@H]3[C@H](CN2C1=O)C3(C)C. The Hall–Kier alpha value is -2.09. The maximum Gasteiger partial charge on any atom is 0.226 e. The predicted octanol–water partition coefficient (Wildman–Crippen LogP) is 8.60. The molecule has 6 fully saturated rings. The van der Waals surface area contributed by atoms with E-state index in [0.29, 0.717) is 30.6 Å². The second kappa shape index (κ2) is 18.9. The third-order valence-electron chi connectivity index (χ3n) is 15.4. The Morgan fingerprint density at radius 3 is 1.35 bits per heavy atom. The van der Waals surface area contributed by atoms with Crippen LogP contribution in [0.2, 0.25) is 0 Å². The van der Waals surface area contributed by atoms with Gasteiger partial charge in [-0.15, -0.1) is 0 Å². The van der Waals surface area contributed by atoms with E-state index in [1.807, 2.05) is 23.6 Å². The molecule has 10 atom stereocenters. The van der Waals surface area contributed by atoms with E-state index in [-0.39, 0.29) is 82.5 Å². The summed E-state index contributed by atoms with van der Waals surface area (Å²) in [4.78, 5) is 68.0. The second-order valence-electron chi connectivity index (χ2n) is 20.0. The molecule has 6 rings (SSSR count). The Morgan fingerprint density at radius 2 is 0.944 bits per heavy atom. The monoisotopic (exact) mass is 753 g/mol. The highest BCUT2D eigenvalue weighted by Crippen LogP contribution is 2.66. The van der Waals surface area contributed by atoms with Gasteiger partial charge in [-0.25, -0.2) is 0 Å². The summed E-state index contributed by atoms with van der Waals surface area (Å²) in [5.74, 6) is 2.07. The van der Waals surface area contributed by atoms with Crippen molar-refractivity contribution in [2.45, 2.75) is 182 Å². The molecule has 2 amide bonds. The first-order valence-corrected chi connectivity index (χ1v) is 22.5. The van der Waals surface area contributed by atoms with Crippen molar-refractivity contribution in [3.05, 3.63) is 0 Å². The number of aliphatic hydroxyl groups excluding tert-OH is 1. The molecule has 306 valence electrons. The number of carbonyl (C=O) groups is 5. The number of ketones is 2. The molecule has 0 aromatic carbocycles. The molecule has 54 heavy (non-hydrogen) atoms. The fourth-order valence-corrected chi connectivity index (χ4v) is 11.3. The molecule has 4 aliphatic heterocycles. The standard InChI is InChI=1S/C23H39NO3.C23H37NO3/c2*1-16-11-9-7-5-4-6-8-10-12-17(15-25)13-19(26)21-20-18(23(20,2)3)14-24(21)22(16)27/h16-18,20-21,25H,4-15H2,1-3H3;15-18,20-21H,4-14H2,1-3H3/t2*16-,17+,18-,20-,21+/m00/s1. The highest BCUT2D eigenvalue weighted by molar-refractivity contribution is 5.93. The average Bonchev–Trinajstić information content (AvgIpc) is 3.60. The minimum absolute atomic E-state index is 0.00399. The highest BCUT2D eigenvalue weighted by atomic mass is 16.3. The highest BCUT2D eigenvalue weighted by Gasteiger charge is 2.70. The first kappa shape index (κ1) is 43.0. The van der Waals surface area contributed by atoms with Crippen LogP contribution in [-0.4, -0.2) is 76.4 Å². The van der Waals surface area contributed by atoms with Crippen molar-refractivity contribution in [2.24, 2.45) is 58.2 Å². The lowest BCUT2D eigenvalue weighted by Gasteiger charge is -2.32. The van der Waals surface area contributed by atoms with Gasteiger partial charge >= 0.3 is 0 Å². The molecule has 1 N–H and O–H groups in total. The van der Waals surface area contributed by atoms with Crippen LogP contribution in [-0.2, 0) is 24.0 Å². The fraction of sp³-hybridized carbons (Fsp3) is 0.891. The number of rotatable bonds is 2. The van der Waals surface area contributed by atoms with Crippen molar-refractivity contribution in [1.82, 2.24) is 9.80 Å². The maximum atomic E-state index is 13.2. The van der Waals surface area contributed by atoms with Crippen LogP contribution in [0.25, 0.3) is 0 Å². The zero-order chi connectivity index (χ0) is 39.2. The van der Waals surface area contributed by atoms with Crippen LogP contribution in [0.5, 0.6) is 0 Å². The predicted molar refractivity (Wildman–Crippen MR) is 213 cm³/mol. The third kappa shape index (κ3) is 9.88. The number of aliphatic hydroxyl groups is 1. The molecular weight excluding hydrogens is 677 g/mol. The molecular formula is C46H76N2O6. The molecule has 2 aliphatic carbocycles. The normalized spacial score (nSPS) is 38.3. The van der Waals surface area contributed by atoms with E-state index in [2.05, 4.69) is 27.7 Å². The number of aldehydes is 1. The van der Waals surface area contributed by atoms with Crippen LogP contribution in [0.15, 0.2) is 0 Å². The first-order valence-electron chi connectivity index (χ1n) is 22.5. The Morgan fingerprint density at radius 1 is 0.574 bits per heavy atom. The van der Waals surface area contributed by atoms with Crippen LogP contribution in [0.3, 0.4) is 0 Å². The number of hydrogen-bond donors (Lipinski definition) is 1. The second-order valence-corrected chi connectivity index (χ2v) is 20.0. The smallest absolute Gasteiger partial charge is 0.226 e. The molecule has 6 aliphatic rings. The summed E-state index contributed by atoms with van der Waals surface area (Å²) in [6.07, 6.45) is 21.9. The minimum Gasteiger partial charge on any atom is -0.396 e. The van der Waals surface area contributed by atoms with Gasteiger partial charge in [0.1, 0.15) is 6.29 Å². The summed E-state index contributed by atoms with van der Waals surface area (Å²) < 4.78 is 0. The van der Waals surface area contributed by atoms with Gasteiger partial charge in [0.05, 0.1) is 12.1 Å². The third-order valence-corrected chi connectivity index (χ3v) is 15.4. The maximum absolute atomic E-state index is 13.2. The topological polar surface area (TPSA) is 112 Å². The van der Waals surface area contributed by atoms with E-state index >= 15 is 0 Å². The van der Waals surface area contributed by atoms with Crippen molar-refractivity contribution in [3.8, 4) is 0 Å². The van der Waals surface area contributed by atoms with Crippen molar-refractivity contribution < 1.29 is 29.1 Å². The van der Waals surface area contributed by atoms with Crippen molar-refractivity contribution in [1.29, 1.82) is 0 Å². The summed E-state index contributed by atoms with van der Waals surface area (Å²) in [6, 6.07) is -0.544. The Bertz CT molecular complexity index is 1310. The van der Waals surface area contributed by atoms with Crippen LogP contribution in [0.4, 0.5) is 0 Å². The Balaban J connectivity index is 0.000000208. The van der Waals surface area contributed by atoms with Crippen molar-refractivity contribution >= 4 is 29.7 Å².